The van der Waals surface area contributed by atoms with Crippen LogP contribution in [0, 0.1) is 0 Å². The van der Waals surface area contributed by atoms with E-state index in [4.69, 9.17) is 10.5 Å². The van der Waals surface area contributed by atoms with E-state index in [0.29, 0.717) is 24.1 Å². The van der Waals surface area contributed by atoms with Gasteiger partial charge in [-0.3, -0.25) is 5.73 Å². The molecule has 0 fully saturated rings. The summed E-state index contributed by atoms with van der Waals surface area (Å²) < 4.78 is 7.39. The number of ether oxygens (including phenoxy) is 1. The first-order valence-electron chi connectivity index (χ1n) is 5.84. The van der Waals surface area contributed by atoms with Gasteiger partial charge in [-0.1, -0.05) is 0 Å². The van der Waals surface area contributed by atoms with Gasteiger partial charge in [0.25, 0.3) is 0 Å². The van der Waals surface area contributed by atoms with E-state index in [9.17, 15) is 5.11 Å². The molecule has 7 nitrogen and oxygen atoms in total. The van der Waals surface area contributed by atoms with Gasteiger partial charge in [0.05, 0.1) is 21.8 Å². The Balaban J connectivity index is 1.72. The smallest absolute Gasteiger partial charge is 0.350 e. The summed E-state index contributed by atoms with van der Waals surface area (Å²) in [5, 5.41) is 10.2. The maximum atomic E-state index is 10.2. The van der Waals surface area contributed by atoms with Crippen molar-refractivity contribution in [1.29, 1.82) is 0 Å². The van der Waals surface area contributed by atoms with E-state index < -0.39 is 12.2 Å². The van der Waals surface area contributed by atoms with Crippen LogP contribution >= 0.6 is 31.9 Å². The summed E-state index contributed by atoms with van der Waals surface area (Å²) in [6, 6.07) is 1.86. The topological polar surface area (TPSA) is 114 Å². The Morgan fingerprint density at radius 2 is 2.30 bits per heavy atom. The zero-order chi connectivity index (χ0) is 14.3. The normalized spacial score (nSPS) is 19.8. The maximum absolute atomic E-state index is 10.2. The molecule has 0 aromatic carbocycles. The second kappa shape index (κ2) is 5.23. The monoisotopic (exact) mass is 404 g/mol. The molecule has 0 bridgehead atoms. The molecule has 0 aliphatic carbocycles. The number of nitrogens with zero attached hydrogens (tertiary/aromatic N) is 1. The van der Waals surface area contributed by atoms with E-state index in [1.54, 1.807) is 6.20 Å². The van der Waals surface area contributed by atoms with Crippen molar-refractivity contribution in [3.8, 4) is 0 Å². The first-order valence-corrected chi connectivity index (χ1v) is 7.43. The Bertz CT molecular complexity index is 646. The quantitative estimate of drug-likeness (QED) is 0.613. The predicted molar refractivity (Wildman–Crippen MR) is 79.2 cm³/mol. The highest BCUT2D eigenvalue weighted by Gasteiger charge is 2.32. The van der Waals surface area contributed by atoms with Crippen LogP contribution in [0.15, 0.2) is 26.3 Å². The molecule has 1 aliphatic heterocycles. The number of hydrogen-bond acceptors (Lipinski definition) is 4. The molecule has 0 unspecified atom stereocenters. The molecular weight excluding hydrogens is 394 g/mol. The van der Waals surface area contributed by atoms with Gasteiger partial charge in [0.1, 0.15) is 17.5 Å². The number of nitrogens with one attached hydrogen (secondary N) is 3. The lowest BCUT2D eigenvalue weighted by Gasteiger charge is -2.14. The van der Waals surface area contributed by atoms with Crippen LogP contribution in [-0.4, -0.2) is 33.6 Å². The van der Waals surface area contributed by atoms with Crippen molar-refractivity contribution in [3.63, 3.8) is 0 Å². The van der Waals surface area contributed by atoms with Gasteiger partial charge in [-0.05, 0) is 37.9 Å². The number of aliphatic hydroxyl groups excluding tert-OH is 1. The summed E-state index contributed by atoms with van der Waals surface area (Å²) in [6.07, 6.45) is 0.340. The number of imidazole rings is 1. The van der Waals surface area contributed by atoms with E-state index in [2.05, 4.69) is 51.8 Å². The number of anilines is 1. The highest BCUT2D eigenvalue weighted by Crippen LogP contribution is 2.27. The number of halogens is 2. The molecule has 0 amide bonds. The van der Waals surface area contributed by atoms with Crippen LogP contribution in [0.25, 0.3) is 0 Å². The fraction of sp³-hybridized carbons (Fsp3) is 0.273. The van der Waals surface area contributed by atoms with E-state index in [-0.39, 0.29) is 0 Å². The number of rotatable bonds is 3. The lowest BCUT2D eigenvalue weighted by molar-refractivity contribution is -0.358. The summed E-state index contributed by atoms with van der Waals surface area (Å²) >= 11 is 6.75. The number of nitrogens with two attached hydrogens (primary N) is 1. The van der Waals surface area contributed by atoms with Crippen LogP contribution in [0.2, 0.25) is 0 Å². The number of aliphatic imine (C=N–C) groups is 1. The maximum Gasteiger partial charge on any atom is 0.350 e. The lowest BCUT2D eigenvalue weighted by Crippen LogP contribution is -2.23. The Kier molecular flexibility index (Phi) is 3.57. The van der Waals surface area contributed by atoms with Crippen molar-refractivity contribution < 1.29 is 14.8 Å². The van der Waals surface area contributed by atoms with E-state index in [1.165, 1.54) is 0 Å². The van der Waals surface area contributed by atoms with Gasteiger partial charge in [-0.25, -0.2) is 15.0 Å². The van der Waals surface area contributed by atoms with Gasteiger partial charge < -0.3 is 14.8 Å². The van der Waals surface area contributed by atoms with Crippen LogP contribution in [-0.2, 0) is 4.74 Å². The van der Waals surface area contributed by atoms with Crippen LogP contribution in [0.5, 0.6) is 0 Å². The van der Waals surface area contributed by atoms with Crippen molar-refractivity contribution in [3.05, 3.63) is 32.7 Å². The average molecular weight is 406 g/mol. The Labute approximate surface area is 130 Å². The van der Waals surface area contributed by atoms with Crippen molar-refractivity contribution >= 4 is 43.7 Å². The fourth-order valence-electron chi connectivity index (χ4n) is 1.97. The largest absolute Gasteiger partial charge is 0.468 e. The molecule has 3 heterocycles. The molecule has 0 saturated carbocycles. The van der Waals surface area contributed by atoms with Crippen LogP contribution < -0.4 is 10.7 Å². The SMILES string of the molecule is Nc1[nH]c([C@H](O)[C@@H]2CN=C(c3cc(Br)c(Br)[nH]3)O2)c[nH+]1. The Morgan fingerprint density at radius 3 is 2.90 bits per heavy atom. The average Bonchev–Trinajstić information content (AvgIpc) is 3.10. The molecule has 0 spiro atoms. The minimum Gasteiger partial charge on any atom is -0.468 e. The van der Waals surface area contributed by atoms with Crippen molar-refractivity contribution in [2.45, 2.75) is 12.2 Å². The van der Waals surface area contributed by atoms with Gasteiger partial charge in [0, 0.05) is 0 Å². The minimum absolute atomic E-state index is 0.379. The van der Waals surface area contributed by atoms with Gasteiger partial charge in [0.2, 0.25) is 5.90 Å². The molecule has 0 radical (unpaired) electrons. The molecule has 106 valence electrons. The second-order valence-electron chi connectivity index (χ2n) is 4.37. The highest BCUT2D eigenvalue weighted by molar-refractivity contribution is 9.13. The number of aromatic nitrogens is 3. The Hall–Kier alpha value is -1.32. The standard InChI is InChI=1S/C11H11Br2N5O2/c12-4-1-5(17-9(4)13)10-15-3-7(20-10)8(19)6-2-16-11(14)18-6/h1-2,7-8,17,19H,3H2,(H3,14,16,18)/p+1/t7-,8-/m0/s1. The molecule has 2 aromatic rings. The Morgan fingerprint density at radius 1 is 1.50 bits per heavy atom. The third-order valence-electron chi connectivity index (χ3n) is 2.97. The van der Waals surface area contributed by atoms with Crippen LogP contribution in [0.3, 0.4) is 0 Å². The molecule has 20 heavy (non-hydrogen) atoms. The summed E-state index contributed by atoms with van der Waals surface area (Å²) in [7, 11) is 0. The zero-order valence-corrected chi connectivity index (χ0v) is 13.3. The van der Waals surface area contributed by atoms with Gasteiger partial charge in [-0.15, -0.1) is 0 Å². The lowest BCUT2D eigenvalue weighted by atomic mass is 10.1. The van der Waals surface area contributed by atoms with Gasteiger partial charge in [-0.2, -0.15) is 0 Å². The number of aliphatic hydroxyl groups is 1. The van der Waals surface area contributed by atoms with Crippen molar-refractivity contribution in [2.24, 2.45) is 4.99 Å². The predicted octanol–water partition coefficient (Wildman–Crippen LogP) is 1.14. The molecule has 1 aliphatic rings. The third-order valence-corrected chi connectivity index (χ3v) is 4.75. The minimum atomic E-state index is -0.827. The molecule has 3 rings (SSSR count). The van der Waals surface area contributed by atoms with Crippen molar-refractivity contribution in [1.82, 2.24) is 9.97 Å². The van der Waals surface area contributed by atoms with Gasteiger partial charge in [0.15, 0.2) is 6.10 Å². The number of hydrogen-bond donors (Lipinski definition) is 4. The number of nitrogen functional groups attached to an aromatic ring is 1. The number of H-pyrrole nitrogens is 3. The van der Waals surface area contributed by atoms with E-state index >= 15 is 0 Å². The molecule has 0 saturated heterocycles. The van der Waals surface area contributed by atoms with E-state index in [0.717, 1.165) is 14.8 Å². The highest BCUT2D eigenvalue weighted by atomic mass is 79.9. The third kappa shape index (κ3) is 2.48. The fourth-order valence-corrected chi connectivity index (χ4v) is 2.62. The van der Waals surface area contributed by atoms with Gasteiger partial charge >= 0.3 is 5.95 Å². The second-order valence-corrected chi connectivity index (χ2v) is 6.02. The molecule has 2 aromatic heterocycles. The summed E-state index contributed by atoms with van der Waals surface area (Å²) in [5.74, 6) is 0.861. The molecular formula is C11H12Br2N5O2+. The zero-order valence-electron chi connectivity index (χ0n) is 10.2. The first kappa shape index (κ1) is 13.7. The summed E-state index contributed by atoms with van der Waals surface area (Å²) in [6.45, 7) is 0.379. The molecule has 2 atom stereocenters. The van der Waals surface area contributed by atoms with Crippen LogP contribution in [0.4, 0.5) is 5.95 Å². The summed E-state index contributed by atoms with van der Waals surface area (Å²) in [5.41, 5.74) is 6.86. The van der Waals surface area contributed by atoms with E-state index in [1.807, 2.05) is 6.07 Å². The number of aromatic amines is 3. The van der Waals surface area contributed by atoms with Crippen molar-refractivity contribution in [2.75, 3.05) is 12.3 Å². The summed E-state index contributed by atoms with van der Waals surface area (Å²) in [4.78, 5) is 13.0. The van der Waals surface area contributed by atoms with Crippen LogP contribution in [0.1, 0.15) is 17.5 Å². The molecule has 9 heteroatoms. The molecule has 6 N–H and O–H groups in total. The first-order chi connectivity index (χ1) is 9.54.